The summed E-state index contributed by atoms with van der Waals surface area (Å²) in [5.74, 6) is 0.692. The molecule has 2 N–H and O–H groups in total. The van der Waals surface area contributed by atoms with Gasteiger partial charge in [-0.25, -0.2) is 14.5 Å². The lowest BCUT2D eigenvalue weighted by molar-refractivity contribution is 0.240. The molecule has 0 fully saturated rings. The van der Waals surface area contributed by atoms with Crippen LogP contribution in [0, 0.1) is 0 Å². The van der Waals surface area contributed by atoms with E-state index in [9.17, 15) is 4.79 Å². The molecule has 0 aliphatic rings. The number of pyridine rings is 1. The van der Waals surface area contributed by atoms with Crippen molar-refractivity contribution in [1.82, 2.24) is 25.4 Å². The summed E-state index contributed by atoms with van der Waals surface area (Å²) >= 11 is 5.92. The molecule has 0 aliphatic heterocycles. The predicted molar refractivity (Wildman–Crippen MR) is 91.9 cm³/mol. The monoisotopic (exact) mass is 341 g/mol. The van der Waals surface area contributed by atoms with E-state index in [2.05, 4.69) is 20.7 Å². The average Bonchev–Trinajstić information content (AvgIpc) is 3.13. The van der Waals surface area contributed by atoms with Crippen LogP contribution >= 0.6 is 11.6 Å². The van der Waals surface area contributed by atoms with E-state index >= 15 is 0 Å². The van der Waals surface area contributed by atoms with Crippen molar-refractivity contribution in [1.29, 1.82) is 0 Å². The quantitative estimate of drug-likeness (QED) is 0.749. The van der Waals surface area contributed by atoms with Gasteiger partial charge < -0.3 is 10.6 Å². The van der Waals surface area contributed by atoms with Crippen LogP contribution in [0.1, 0.15) is 11.1 Å². The normalized spacial score (nSPS) is 10.4. The molecule has 0 atom stereocenters. The second kappa shape index (κ2) is 7.61. The van der Waals surface area contributed by atoms with E-state index in [4.69, 9.17) is 11.6 Å². The lowest BCUT2D eigenvalue weighted by atomic mass is 10.2. The van der Waals surface area contributed by atoms with Crippen molar-refractivity contribution < 1.29 is 4.79 Å². The van der Waals surface area contributed by atoms with Gasteiger partial charge in [-0.05, 0) is 29.8 Å². The zero-order chi connectivity index (χ0) is 16.8. The molecule has 2 amide bonds. The molecule has 1 aromatic carbocycles. The predicted octanol–water partition coefficient (Wildman–Crippen LogP) is 2.92. The van der Waals surface area contributed by atoms with Gasteiger partial charge in [-0.2, -0.15) is 5.10 Å². The van der Waals surface area contributed by atoms with E-state index in [1.54, 1.807) is 23.1 Å². The molecule has 3 rings (SSSR count). The maximum Gasteiger partial charge on any atom is 0.315 e. The smallest absolute Gasteiger partial charge is 0.315 e. The van der Waals surface area contributed by atoms with Crippen molar-refractivity contribution >= 4 is 17.6 Å². The summed E-state index contributed by atoms with van der Waals surface area (Å²) in [6.07, 6.45) is 5.19. The van der Waals surface area contributed by atoms with Gasteiger partial charge in [0.1, 0.15) is 0 Å². The zero-order valence-corrected chi connectivity index (χ0v) is 13.6. The van der Waals surface area contributed by atoms with E-state index in [0.717, 1.165) is 11.1 Å². The SMILES string of the molecule is O=C(NCc1cccc(Cl)c1)NCc1cccnc1-n1cccn1. The molecule has 0 saturated carbocycles. The number of carbonyl (C=O) groups is 1. The Kier molecular flexibility index (Phi) is 5.08. The fourth-order valence-electron chi connectivity index (χ4n) is 2.24. The highest BCUT2D eigenvalue weighted by Gasteiger charge is 2.07. The molecule has 0 aliphatic carbocycles. The van der Waals surface area contributed by atoms with Crippen LogP contribution in [-0.2, 0) is 13.1 Å². The third-order valence-electron chi connectivity index (χ3n) is 3.37. The Morgan fingerprint density at radius 2 is 1.96 bits per heavy atom. The summed E-state index contributed by atoms with van der Waals surface area (Å²) in [7, 11) is 0. The van der Waals surface area contributed by atoms with Crippen LogP contribution in [0.4, 0.5) is 4.79 Å². The zero-order valence-electron chi connectivity index (χ0n) is 12.8. The van der Waals surface area contributed by atoms with Crippen molar-refractivity contribution in [3.8, 4) is 5.82 Å². The second-order valence-electron chi connectivity index (χ2n) is 5.10. The summed E-state index contributed by atoms with van der Waals surface area (Å²) in [5, 5.41) is 10.4. The molecule has 3 aromatic rings. The topological polar surface area (TPSA) is 71.8 Å². The van der Waals surface area contributed by atoms with E-state index in [1.807, 2.05) is 42.6 Å². The number of hydrogen-bond acceptors (Lipinski definition) is 3. The van der Waals surface area contributed by atoms with E-state index in [0.29, 0.717) is 23.9 Å². The molecule has 2 aromatic heterocycles. The number of nitrogens with one attached hydrogen (secondary N) is 2. The van der Waals surface area contributed by atoms with Crippen LogP contribution in [0.3, 0.4) is 0 Å². The summed E-state index contributed by atoms with van der Waals surface area (Å²) in [4.78, 5) is 16.3. The van der Waals surface area contributed by atoms with E-state index < -0.39 is 0 Å². The molecule has 24 heavy (non-hydrogen) atoms. The summed E-state index contributed by atoms with van der Waals surface area (Å²) in [6.45, 7) is 0.760. The van der Waals surface area contributed by atoms with Crippen LogP contribution in [0.2, 0.25) is 5.02 Å². The van der Waals surface area contributed by atoms with Gasteiger partial charge in [-0.15, -0.1) is 0 Å². The Hall–Kier alpha value is -2.86. The number of rotatable bonds is 5. The number of benzene rings is 1. The number of halogens is 1. The van der Waals surface area contributed by atoms with Crippen molar-refractivity contribution in [2.24, 2.45) is 0 Å². The van der Waals surface area contributed by atoms with Crippen LogP contribution in [0.5, 0.6) is 0 Å². The number of hydrogen-bond donors (Lipinski definition) is 2. The van der Waals surface area contributed by atoms with Crippen LogP contribution < -0.4 is 10.6 Å². The van der Waals surface area contributed by atoms with E-state index in [1.165, 1.54) is 0 Å². The minimum Gasteiger partial charge on any atom is -0.334 e. The lowest BCUT2D eigenvalue weighted by Gasteiger charge is -2.11. The number of nitrogens with zero attached hydrogens (tertiary/aromatic N) is 3. The summed E-state index contributed by atoms with van der Waals surface area (Å²) < 4.78 is 1.67. The van der Waals surface area contributed by atoms with Gasteiger partial charge in [0.2, 0.25) is 0 Å². The Morgan fingerprint density at radius 3 is 2.75 bits per heavy atom. The number of amides is 2. The molecular weight excluding hydrogens is 326 g/mol. The lowest BCUT2D eigenvalue weighted by Crippen LogP contribution is -2.34. The third-order valence-corrected chi connectivity index (χ3v) is 3.61. The first-order chi connectivity index (χ1) is 11.7. The van der Waals surface area contributed by atoms with Crippen molar-refractivity contribution in [3.05, 3.63) is 77.2 Å². The minimum atomic E-state index is -0.259. The molecule has 0 bridgehead atoms. The molecule has 6 nitrogen and oxygen atoms in total. The number of carbonyl (C=O) groups excluding carboxylic acids is 1. The molecule has 0 saturated heterocycles. The Labute approximate surface area is 144 Å². The number of aromatic nitrogens is 3. The molecule has 0 unspecified atom stereocenters. The maximum absolute atomic E-state index is 12.0. The minimum absolute atomic E-state index is 0.259. The van der Waals surface area contributed by atoms with Gasteiger partial charge in [-0.1, -0.05) is 29.8 Å². The highest BCUT2D eigenvalue weighted by molar-refractivity contribution is 6.30. The van der Waals surface area contributed by atoms with Crippen LogP contribution in [0.15, 0.2) is 61.1 Å². The fourth-order valence-corrected chi connectivity index (χ4v) is 2.45. The maximum atomic E-state index is 12.0. The second-order valence-corrected chi connectivity index (χ2v) is 5.54. The van der Waals surface area contributed by atoms with Gasteiger partial charge >= 0.3 is 6.03 Å². The third kappa shape index (κ3) is 4.11. The Balaban J connectivity index is 1.57. The average molecular weight is 342 g/mol. The molecule has 2 heterocycles. The summed E-state index contributed by atoms with van der Waals surface area (Å²) in [6, 6.07) is 12.7. The molecule has 122 valence electrons. The summed E-state index contributed by atoms with van der Waals surface area (Å²) in [5.41, 5.74) is 1.82. The van der Waals surface area contributed by atoms with Crippen molar-refractivity contribution in [2.45, 2.75) is 13.1 Å². The number of urea groups is 1. The first-order valence-electron chi connectivity index (χ1n) is 7.42. The van der Waals surface area contributed by atoms with Crippen molar-refractivity contribution in [3.63, 3.8) is 0 Å². The van der Waals surface area contributed by atoms with Crippen LogP contribution in [-0.4, -0.2) is 20.8 Å². The van der Waals surface area contributed by atoms with Crippen LogP contribution in [0.25, 0.3) is 5.82 Å². The highest BCUT2D eigenvalue weighted by atomic mass is 35.5. The van der Waals surface area contributed by atoms with Crippen molar-refractivity contribution in [2.75, 3.05) is 0 Å². The van der Waals surface area contributed by atoms with E-state index in [-0.39, 0.29) is 6.03 Å². The van der Waals surface area contributed by atoms with Gasteiger partial charge in [0, 0.05) is 42.3 Å². The molecule has 7 heteroatoms. The first-order valence-corrected chi connectivity index (χ1v) is 7.80. The first kappa shape index (κ1) is 16.0. The van der Waals surface area contributed by atoms with Gasteiger partial charge in [0.25, 0.3) is 0 Å². The standard InChI is InChI=1S/C17H16ClN5O/c18-15-6-1-4-13(10-15)11-20-17(24)21-12-14-5-2-7-19-16(14)23-9-3-8-22-23/h1-10H,11-12H2,(H2,20,21,24). The van der Waals surface area contributed by atoms with Gasteiger partial charge in [0.15, 0.2) is 5.82 Å². The van der Waals surface area contributed by atoms with Gasteiger partial charge in [-0.3, -0.25) is 0 Å². The molecule has 0 spiro atoms. The Bertz CT molecular complexity index is 819. The molecule has 0 radical (unpaired) electrons. The highest BCUT2D eigenvalue weighted by Crippen LogP contribution is 2.11. The molecular formula is C17H16ClN5O. The van der Waals surface area contributed by atoms with Gasteiger partial charge in [0.05, 0.1) is 0 Å². The largest absolute Gasteiger partial charge is 0.334 e. The Morgan fingerprint density at radius 1 is 1.08 bits per heavy atom. The fraction of sp³-hybridized carbons (Fsp3) is 0.118.